The maximum Gasteiger partial charge on any atom is 0.250 e. The van der Waals surface area contributed by atoms with Crippen molar-refractivity contribution < 1.29 is 4.79 Å². The molecule has 1 aliphatic heterocycles. The summed E-state index contributed by atoms with van der Waals surface area (Å²) in [6, 6.07) is 3.77. The molecule has 1 amide bonds. The predicted molar refractivity (Wildman–Crippen MR) is 119 cm³/mol. The van der Waals surface area contributed by atoms with E-state index >= 15 is 0 Å². The zero-order valence-electron chi connectivity index (χ0n) is 18.7. The van der Waals surface area contributed by atoms with E-state index in [-0.39, 0.29) is 11.9 Å². The molecule has 1 atom stereocenters. The second-order valence-electron chi connectivity index (χ2n) is 7.99. The number of nitrogens with zero attached hydrogens (tertiary/aromatic N) is 4. The number of aryl methyl sites for hydroxylation is 4. The molecule has 3 rings (SSSR count). The molecule has 1 aliphatic rings. The van der Waals surface area contributed by atoms with Crippen LogP contribution in [0.3, 0.4) is 0 Å². The number of aromatic nitrogens is 2. The van der Waals surface area contributed by atoms with Crippen LogP contribution in [0.15, 0.2) is 12.1 Å². The third kappa shape index (κ3) is 3.50. The van der Waals surface area contributed by atoms with Gasteiger partial charge in [-0.05, 0) is 58.6 Å². The van der Waals surface area contributed by atoms with Crippen molar-refractivity contribution in [2.75, 3.05) is 16.3 Å². The Morgan fingerprint density at radius 3 is 2.17 bits per heavy atom. The van der Waals surface area contributed by atoms with E-state index in [0.717, 1.165) is 36.3 Å². The van der Waals surface area contributed by atoms with Gasteiger partial charge in [-0.2, -0.15) is 4.98 Å². The van der Waals surface area contributed by atoms with Crippen LogP contribution < -0.4 is 15.5 Å². The van der Waals surface area contributed by atoms with Gasteiger partial charge >= 0.3 is 0 Å². The highest BCUT2D eigenvalue weighted by atomic mass is 16.2. The normalized spacial score (nSPS) is 16.0. The van der Waals surface area contributed by atoms with Gasteiger partial charge in [-0.1, -0.05) is 31.5 Å². The largest absolute Gasteiger partial charge is 0.316 e. The van der Waals surface area contributed by atoms with Gasteiger partial charge < -0.3 is 10.6 Å². The van der Waals surface area contributed by atoms with Crippen molar-refractivity contribution in [3.63, 3.8) is 0 Å². The fourth-order valence-electron chi connectivity index (χ4n) is 4.60. The summed E-state index contributed by atoms with van der Waals surface area (Å²) in [7, 11) is 0. The van der Waals surface area contributed by atoms with Gasteiger partial charge in [0.2, 0.25) is 11.9 Å². The quantitative estimate of drug-likeness (QED) is 0.784. The number of benzene rings is 1. The van der Waals surface area contributed by atoms with Gasteiger partial charge in [-0.15, -0.1) is 0 Å². The molecule has 0 saturated carbocycles. The summed E-state index contributed by atoms with van der Waals surface area (Å²) >= 11 is 0. The Morgan fingerprint density at radius 1 is 1.07 bits per heavy atom. The SMILES string of the molecule is CCC(CC)N1C(=O)C(N)c2c(C)nc(N(CC)c3c(C)cc(C)cc3C)nc21. The summed E-state index contributed by atoms with van der Waals surface area (Å²) in [5.41, 5.74) is 12.6. The standard InChI is InChI=1S/C23H33N5O/c1-8-17(9-2)28-21-18(19(24)22(28)29)16(7)25-23(26-21)27(10-3)20-14(5)11-13(4)12-15(20)6/h11-12,17,19H,8-10,24H2,1-7H3. The molecular formula is C23H33N5O. The van der Waals surface area contributed by atoms with E-state index < -0.39 is 6.04 Å². The average Bonchev–Trinajstić information content (AvgIpc) is 2.91. The average molecular weight is 396 g/mol. The van der Waals surface area contributed by atoms with Gasteiger partial charge in [0.25, 0.3) is 0 Å². The molecule has 0 spiro atoms. The van der Waals surface area contributed by atoms with E-state index in [2.05, 4.69) is 58.6 Å². The Hall–Kier alpha value is -2.47. The summed E-state index contributed by atoms with van der Waals surface area (Å²) in [4.78, 5) is 26.6. The van der Waals surface area contributed by atoms with Crippen LogP contribution in [0, 0.1) is 27.7 Å². The molecule has 0 radical (unpaired) electrons. The summed E-state index contributed by atoms with van der Waals surface area (Å²) in [5.74, 6) is 1.23. The van der Waals surface area contributed by atoms with Crippen LogP contribution in [-0.2, 0) is 4.79 Å². The second-order valence-corrected chi connectivity index (χ2v) is 7.99. The van der Waals surface area contributed by atoms with Crippen LogP contribution in [0.2, 0.25) is 0 Å². The van der Waals surface area contributed by atoms with E-state index in [1.807, 2.05) is 6.92 Å². The minimum atomic E-state index is -0.683. The number of carbonyl (C=O) groups is 1. The first-order valence-electron chi connectivity index (χ1n) is 10.6. The van der Waals surface area contributed by atoms with Crippen LogP contribution in [0.4, 0.5) is 17.5 Å². The van der Waals surface area contributed by atoms with E-state index in [1.165, 1.54) is 16.7 Å². The lowest BCUT2D eigenvalue weighted by Crippen LogP contribution is -2.40. The Morgan fingerprint density at radius 2 is 1.66 bits per heavy atom. The monoisotopic (exact) mass is 395 g/mol. The minimum Gasteiger partial charge on any atom is -0.316 e. The van der Waals surface area contributed by atoms with Gasteiger partial charge in [0, 0.05) is 23.8 Å². The molecule has 0 saturated heterocycles. The highest BCUT2D eigenvalue weighted by molar-refractivity contribution is 6.04. The molecule has 0 aliphatic carbocycles. The number of hydrogen-bond acceptors (Lipinski definition) is 5. The molecule has 2 aromatic rings. The van der Waals surface area contributed by atoms with Crippen molar-refractivity contribution in [3.8, 4) is 0 Å². The minimum absolute atomic E-state index is 0.0750. The Kier molecular flexibility index (Phi) is 5.94. The van der Waals surface area contributed by atoms with Crippen LogP contribution in [-0.4, -0.2) is 28.5 Å². The molecule has 2 heterocycles. The summed E-state index contributed by atoms with van der Waals surface area (Å²) in [6.07, 6.45) is 1.72. The molecule has 1 aromatic heterocycles. The van der Waals surface area contributed by atoms with Gasteiger partial charge in [-0.3, -0.25) is 9.69 Å². The maximum absolute atomic E-state index is 13.0. The van der Waals surface area contributed by atoms with Crippen molar-refractivity contribution in [2.45, 2.75) is 73.4 Å². The summed E-state index contributed by atoms with van der Waals surface area (Å²) < 4.78 is 0. The van der Waals surface area contributed by atoms with Crippen molar-refractivity contribution in [2.24, 2.45) is 5.73 Å². The zero-order chi connectivity index (χ0) is 21.5. The zero-order valence-corrected chi connectivity index (χ0v) is 18.7. The van der Waals surface area contributed by atoms with Crippen LogP contribution in [0.1, 0.15) is 67.6 Å². The topological polar surface area (TPSA) is 75.3 Å². The number of nitrogens with two attached hydrogens (primary N) is 1. The molecule has 0 bridgehead atoms. The number of rotatable bonds is 6. The lowest BCUT2D eigenvalue weighted by Gasteiger charge is -2.29. The fraction of sp³-hybridized carbons (Fsp3) is 0.522. The van der Waals surface area contributed by atoms with E-state index in [4.69, 9.17) is 15.7 Å². The maximum atomic E-state index is 13.0. The fourth-order valence-corrected chi connectivity index (χ4v) is 4.60. The Balaban J connectivity index is 2.18. The Bertz CT molecular complexity index is 912. The highest BCUT2D eigenvalue weighted by Gasteiger charge is 2.41. The molecule has 2 N–H and O–H groups in total. The molecule has 6 heteroatoms. The van der Waals surface area contributed by atoms with Crippen LogP contribution in [0.25, 0.3) is 0 Å². The molecule has 156 valence electrons. The van der Waals surface area contributed by atoms with Crippen molar-refractivity contribution in [1.29, 1.82) is 0 Å². The van der Waals surface area contributed by atoms with Crippen LogP contribution >= 0.6 is 0 Å². The van der Waals surface area contributed by atoms with Crippen molar-refractivity contribution in [3.05, 3.63) is 40.1 Å². The number of carbonyl (C=O) groups excluding carboxylic acids is 1. The summed E-state index contributed by atoms with van der Waals surface area (Å²) in [5, 5.41) is 0. The smallest absolute Gasteiger partial charge is 0.250 e. The Labute approximate surface area is 174 Å². The molecule has 0 fully saturated rings. The number of hydrogen-bond donors (Lipinski definition) is 1. The van der Waals surface area contributed by atoms with Crippen molar-refractivity contribution >= 4 is 23.4 Å². The molecular weight excluding hydrogens is 362 g/mol. The first-order chi connectivity index (χ1) is 13.7. The third-order valence-electron chi connectivity index (χ3n) is 5.92. The van der Waals surface area contributed by atoms with Gasteiger partial charge in [0.1, 0.15) is 11.9 Å². The first kappa shape index (κ1) is 21.2. The lowest BCUT2D eigenvalue weighted by molar-refractivity contribution is -0.119. The van der Waals surface area contributed by atoms with Crippen LogP contribution in [0.5, 0.6) is 0 Å². The molecule has 1 aromatic carbocycles. The molecule has 29 heavy (non-hydrogen) atoms. The number of anilines is 3. The molecule has 1 unspecified atom stereocenters. The third-order valence-corrected chi connectivity index (χ3v) is 5.92. The van der Waals surface area contributed by atoms with Gasteiger partial charge in [0.05, 0.1) is 5.69 Å². The molecule has 6 nitrogen and oxygen atoms in total. The highest BCUT2D eigenvalue weighted by Crippen LogP contribution is 2.40. The van der Waals surface area contributed by atoms with E-state index in [1.54, 1.807) is 4.90 Å². The second kappa shape index (κ2) is 8.11. The number of amides is 1. The van der Waals surface area contributed by atoms with Gasteiger partial charge in [-0.25, -0.2) is 4.98 Å². The number of fused-ring (bicyclic) bond motifs is 1. The van der Waals surface area contributed by atoms with Crippen molar-refractivity contribution in [1.82, 2.24) is 9.97 Å². The van der Waals surface area contributed by atoms with Gasteiger partial charge in [0.15, 0.2) is 0 Å². The lowest BCUT2D eigenvalue weighted by atomic mass is 10.0. The summed E-state index contributed by atoms with van der Waals surface area (Å²) in [6.45, 7) is 15.3. The van der Waals surface area contributed by atoms with E-state index in [9.17, 15) is 4.79 Å². The first-order valence-corrected chi connectivity index (χ1v) is 10.6. The predicted octanol–water partition coefficient (Wildman–Crippen LogP) is 4.40. The van der Waals surface area contributed by atoms with E-state index in [0.29, 0.717) is 11.8 Å².